The van der Waals surface area contributed by atoms with E-state index in [1.807, 2.05) is 30.3 Å². The zero-order valence-electron chi connectivity index (χ0n) is 11.3. The summed E-state index contributed by atoms with van der Waals surface area (Å²) in [4.78, 5) is 0. The van der Waals surface area contributed by atoms with Crippen molar-refractivity contribution in [3.63, 3.8) is 0 Å². The summed E-state index contributed by atoms with van der Waals surface area (Å²) in [5, 5.41) is 0. The van der Waals surface area contributed by atoms with E-state index in [2.05, 4.69) is 0 Å². The molecule has 0 heterocycles. The molecule has 0 bridgehead atoms. The van der Waals surface area contributed by atoms with Crippen LogP contribution in [0.2, 0.25) is 0 Å². The molecule has 0 radical (unpaired) electrons. The molecule has 0 aromatic heterocycles. The lowest BCUT2D eigenvalue weighted by atomic mass is 10.1. The van der Waals surface area contributed by atoms with Gasteiger partial charge < -0.3 is 10.5 Å². The third-order valence-corrected chi connectivity index (χ3v) is 2.84. The van der Waals surface area contributed by atoms with E-state index < -0.39 is 11.6 Å². The summed E-state index contributed by atoms with van der Waals surface area (Å²) >= 11 is 0. The summed E-state index contributed by atoms with van der Waals surface area (Å²) in [5.41, 5.74) is 7.00. The van der Waals surface area contributed by atoms with Crippen molar-refractivity contribution in [2.45, 2.75) is 26.0 Å². The second kappa shape index (κ2) is 6.48. The minimum absolute atomic E-state index is 0.126. The van der Waals surface area contributed by atoms with Crippen LogP contribution in [0, 0.1) is 11.6 Å². The van der Waals surface area contributed by atoms with E-state index in [0.717, 1.165) is 5.56 Å². The molecule has 0 saturated heterocycles. The van der Waals surface area contributed by atoms with E-state index in [9.17, 15) is 8.78 Å². The number of rotatable bonds is 5. The molecule has 0 amide bonds. The maximum absolute atomic E-state index is 13.9. The number of ether oxygens (including phenoxy) is 1. The molecule has 0 aliphatic carbocycles. The van der Waals surface area contributed by atoms with Gasteiger partial charge in [0, 0.05) is 6.04 Å². The molecule has 0 aliphatic heterocycles. The molecule has 2 rings (SSSR count). The lowest BCUT2D eigenvalue weighted by molar-refractivity contribution is 0.274. The highest BCUT2D eigenvalue weighted by Crippen LogP contribution is 2.24. The SMILES string of the molecule is CC(N)Cc1cc(F)c(OCc2ccccc2)c(F)c1. The van der Waals surface area contributed by atoms with Crippen LogP contribution in [-0.2, 0) is 13.0 Å². The number of benzene rings is 2. The summed E-state index contributed by atoms with van der Waals surface area (Å²) in [7, 11) is 0. The molecule has 0 spiro atoms. The van der Waals surface area contributed by atoms with Crippen molar-refractivity contribution in [2.24, 2.45) is 5.73 Å². The standard InChI is InChI=1S/C16H17F2NO/c1-11(19)7-13-8-14(17)16(15(18)9-13)20-10-12-5-3-2-4-6-12/h2-6,8-9,11H,7,10,19H2,1H3. The van der Waals surface area contributed by atoms with Gasteiger partial charge in [-0.25, -0.2) is 8.78 Å². The van der Waals surface area contributed by atoms with E-state index in [0.29, 0.717) is 12.0 Å². The van der Waals surface area contributed by atoms with Gasteiger partial charge in [0.2, 0.25) is 0 Å². The third-order valence-electron chi connectivity index (χ3n) is 2.84. The van der Waals surface area contributed by atoms with Gasteiger partial charge in [-0.05, 0) is 36.6 Å². The minimum Gasteiger partial charge on any atom is -0.483 e. The van der Waals surface area contributed by atoms with Crippen molar-refractivity contribution in [3.8, 4) is 5.75 Å². The van der Waals surface area contributed by atoms with Crippen LogP contribution in [-0.4, -0.2) is 6.04 Å². The van der Waals surface area contributed by atoms with Crippen molar-refractivity contribution < 1.29 is 13.5 Å². The predicted octanol–water partition coefficient (Wildman–Crippen LogP) is 3.43. The number of halogens is 2. The van der Waals surface area contributed by atoms with Crippen molar-refractivity contribution in [3.05, 3.63) is 65.2 Å². The lowest BCUT2D eigenvalue weighted by Gasteiger charge is -2.11. The van der Waals surface area contributed by atoms with E-state index in [1.54, 1.807) is 6.92 Å². The zero-order valence-corrected chi connectivity index (χ0v) is 11.3. The highest BCUT2D eigenvalue weighted by atomic mass is 19.1. The molecule has 0 fully saturated rings. The first kappa shape index (κ1) is 14.5. The first-order valence-corrected chi connectivity index (χ1v) is 6.46. The van der Waals surface area contributed by atoms with Gasteiger partial charge in [0.05, 0.1) is 0 Å². The zero-order chi connectivity index (χ0) is 14.5. The molecular weight excluding hydrogens is 260 g/mol. The second-order valence-electron chi connectivity index (χ2n) is 4.84. The molecule has 2 nitrogen and oxygen atoms in total. The van der Waals surface area contributed by atoms with Crippen LogP contribution >= 0.6 is 0 Å². The fraction of sp³-hybridized carbons (Fsp3) is 0.250. The van der Waals surface area contributed by atoms with Gasteiger partial charge in [-0.15, -0.1) is 0 Å². The van der Waals surface area contributed by atoms with Gasteiger partial charge in [-0.2, -0.15) is 0 Å². The molecule has 1 atom stereocenters. The summed E-state index contributed by atoms with van der Waals surface area (Å²) < 4.78 is 32.9. The van der Waals surface area contributed by atoms with Crippen LogP contribution < -0.4 is 10.5 Å². The van der Waals surface area contributed by atoms with Crippen LogP contribution in [0.15, 0.2) is 42.5 Å². The largest absolute Gasteiger partial charge is 0.483 e. The van der Waals surface area contributed by atoms with Crippen molar-refractivity contribution in [1.29, 1.82) is 0 Å². The molecule has 20 heavy (non-hydrogen) atoms. The number of nitrogens with two attached hydrogens (primary N) is 1. The Morgan fingerprint density at radius 1 is 1.05 bits per heavy atom. The second-order valence-corrected chi connectivity index (χ2v) is 4.84. The Bertz CT molecular complexity index is 547. The minimum atomic E-state index is -0.698. The molecule has 2 aromatic rings. The fourth-order valence-electron chi connectivity index (χ4n) is 1.97. The first-order valence-electron chi connectivity index (χ1n) is 6.46. The van der Waals surface area contributed by atoms with Gasteiger partial charge in [0.15, 0.2) is 17.4 Å². The maximum atomic E-state index is 13.9. The highest BCUT2D eigenvalue weighted by Gasteiger charge is 2.13. The van der Waals surface area contributed by atoms with Crippen LogP contribution in [0.3, 0.4) is 0 Å². The van der Waals surface area contributed by atoms with Crippen LogP contribution in [0.4, 0.5) is 8.78 Å². The molecule has 2 aromatic carbocycles. The van der Waals surface area contributed by atoms with Crippen LogP contribution in [0.1, 0.15) is 18.1 Å². The number of hydrogen-bond acceptors (Lipinski definition) is 2. The smallest absolute Gasteiger partial charge is 0.191 e. The average Bonchev–Trinajstić information content (AvgIpc) is 2.38. The summed E-state index contributed by atoms with van der Waals surface area (Å²) in [6.07, 6.45) is 0.423. The van der Waals surface area contributed by atoms with E-state index >= 15 is 0 Å². The summed E-state index contributed by atoms with van der Waals surface area (Å²) in [6, 6.07) is 11.6. The normalized spacial score (nSPS) is 12.2. The van der Waals surface area contributed by atoms with Crippen LogP contribution in [0.5, 0.6) is 5.75 Å². The monoisotopic (exact) mass is 277 g/mol. The highest BCUT2D eigenvalue weighted by molar-refractivity contribution is 5.32. The maximum Gasteiger partial charge on any atom is 0.191 e. The molecule has 0 aliphatic rings. The van der Waals surface area contributed by atoms with Gasteiger partial charge in [-0.3, -0.25) is 0 Å². The van der Waals surface area contributed by atoms with Gasteiger partial charge in [0.1, 0.15) is 6.61 Å². The van der Waals surface area contributed by atoms with Crippen molar-refractivity contribution in [1.82, 2.24) is 0 Å². The van der Waals surface area contributed by atoms with E-state index in [-0.39, 0.29) is 18.4 Å². The third kappa shape index (κ3) is 3.78. The Labute approximate surface area is 117 Å². The summed E-state index contributed by atoms with van der Waals surface area (Å²) in [6.45, 7) is 1.91. The Morgan fingerprint density at radius 3 is 2.20 bits per heavy atom. The van der Waals surface area contributed by atoms with Gasteiger partial charge in [0.25, 0.3) is 0 Å². The Hall–Kier alpha value is -1.94. The Balaban J connectivity index is 2.12. The van der Waals surface area contributed by atoms with Gasteiger partial charge >= 0.3 is 0 Å². The molecule has 0 saturated carbocycles. The Morgan fingerprint density at radius 2 is 1.65 bits per heavy atom. The van der Waals surface area contributed by atoms with Crippen molar-refractivity contribution in [2.75, 3.05) is 0 Å². The molecule has 1 unspecified atom stereocenters. The van der Waals surface area contributed by atoms with E-state index in [1.165, 1.54) is 12.1 Å². The molecule has 4 heteroatoms. The predicted molar refractivity (Wildman–Crippen MR) is 74.5 cm³/mol. The lowest BCUT2D eigenvalue weighted by Crippen LogP contribution is -2.18. The summed E-state index contributed by atoms with van der Waals surface area (Å²) in [5.74, 6) is -1.74. The molecular formula is C16H17F2NO. The molecule has 2 N–H and O–H groups in total. The Kier molecular flexibility index (Phi) is 4.69. The topological polar surface area (TPSA) is 35.2 Å². The first-order chi connectivity index (χ1) is 9.56. The van der Waals surface area contributed by atoms with E-state index in [4.69, 9.17) is 10.5 Å². The molecule has 106 valence electrons. The van der Waals surface area contributed by atoms with Gasteiger partial charge in [-0.1, -0.05) is 30.3 Å². The fourth-order valence-corrected chi connectivity index (χ4v) is 1.97. The quantitative estimate of drug-likeness (QED) is 0.908. The van der Waals surface area contributed by atoms with Crippen molar-refractivity contribution >= 4 is 0 Å². The number of hydrogen-bond donors (Lipinski definition) is 1. The van der Waals surface area contributed by atoms with Crippen LogP contribution in [0.25, 0.3) is 0 Å². The average molecular weight is 277 g/mol.